The highest BCUT2D eigenvalue weighted by molar-refractivity contribution is 6.31. The van der Waals surface area contributed by atoms with Crippen LogP contribution in [0.3, 0.4) is 0 Å². The smallest absolute Gasteiger partial charge is 0.409 e. The van der Waals surface area contributed by atoms with Crippen molar-refractivity contribution in [3.63, 3.8) is 0 Å². The van der Waals surface area contributed by atoms with Gasteiger partial charge in [0.2, 0.25) is 0 Å². The topological polar surface area (TPSA) is 93.7 Å². The first-order valence-electron chi connectivity index (χ1n) is 6.43. The highest BCUT2D eigenvalue weighted by atomic mass is 35.5. The number of rotatable bonds is 6. The molecule has 1 aromatic rings. The van der Waals surface area contributed by atoms with Crippen molar-refractivity contribution in [2.75, 3.05) is 7.11 Å². The molecule has 0 fully saturated rings. The summed E-state index contributed by atoms with van der Waals surface area (Å²) in [6.07, 6.45) is -0.843. The third-order valence-electron chi connectivity index (χ3n) is 2.60. The molecular weight excluding hydrogens is 312 g/mol. The molecule has 2 N–H and O–H groups in total. The first-order valence-corrected chi connectivity index (χ1v) is 6.87. The maximum absolute atomic E-state index is 11.7. The highest BCUT2D eigenvalue weighted by Crippen LogP contribution is 2.01. The number of carbonyl (C=O) groups is 3. The van der Waals surface area contributed by atoms with Crippen molar-refractivity contribution in [3.8, 4) is 0 Å². The van der Waals surface area contributed by atoms with Gasteiger partial charge in [0.1, 0.15) is 12.6 Å². The fourth-order valence-electron chi connectivity index (χ4n) is 1.46. The van der Waals surface area contributed by atoms with Crippen molar-refractivity contribution in [1.82, 2.24) is 10.6 Å². The molecule has 0 radical (unpaired) electrons. The number of alkyl halides is 1. The van der Waals surface area contributed by atoms with Crippen molar-refractivity contribution < 1.29 is 23.9 Å². The van der Waals surface area contributed by atoms with E-state index in [-0.39, 0.29) is 6.61 Å². The fourth-order valence-corrected chi connectivity index (χ4v) is 1.61. The van der Waals surface area contributed by atoms with Crippen LogP contribution in [-0.4, -0.2) is 36.6 Å². The normalized spacial score (nSPS) is 12.7. The summed E-state index contributed by atoms with van der Waals surface area (Å²) in [5.74, 6) is -1.36. The van der Waals surface area contributed by atoms with Gasteiger partial charge in [0.15, 0.2) is 5.50 Å². The molecule has 0 saturated heterocycles. The van der Waals surface area contributed by atoms with E-state index in [2.05, 4.69) is 15.4 Å². The lowest BCUT2D eigenvalue weighted by Crippen LogP contribution is -2.48. The predicted molar refractivity (Wildman–Crippen MR) is 79.0 cm³/mol. The molecule has 0 aliphatic carbocycles. The van der Waals surface area contributed by atoms with Crippen LogP contribution in [0.25, 0.3) is 0 Å². The predicted octanol–water partition coefficient (Wildman–Crippen LogP) is 1.16. The largest absolute Gasteiger partial charge is 0.467 e. The maximum Gasteiger partial charge on any atom is 0.409 e. The molecular formula is C14H17ClN2O5. The average Bonchev–Trinajstić information content (AvgIpc) is 2.52. The molecule has 0 heterocycles. The Kier molecular flexibility index (Phi) is 7.18. The Morgan fingerprint density at radius 1 is 1.18 bits per heavy atom. The minimum absolute atomic E-state index is 0.0520. The monoisotopic (exact) mass is 328 g/mol. The zero-order valence-electron chi connectivity index (χ0n) is 12.2. The molecule has 0 aliphatic rings. The van der Waals surface area contributed by atoms with Gasteiger partial charge in [0.25, 0.3) is 5.91 Å². The van der Waals surface area contributed by atoms with E-state index in [1.54, 1.807) is 12.1 Å². The molecule has 1 aromatic carbocycles. The number of benzene rings is 1. The minimum atomic E-state index is -1.37. The SMILES string of the molecule is COC(=O)[C@H](C)NC(=O)[C@H](Cl)NC(=O)OCc1ccccc1. The number of nitrogens with one attached hydrogen (secondary N) is 2. The van der Waals surface area contributed by atoms with Crippen LogP contribution in [0.2, 0.25) is 0 Å². The number of esters is 1. The van der Waals surface area contributed by atoms with Crippen LogP contribution in [0.1, 0.15) is 12.5 Å². The molecule has 0 saturated carbocycles. The number of alkyl carbamates (subject to hydrolysis) is 1. The quantitative estimate of drug-likeness (QED) is 0.464. The standard InChI is InChI=1S/C14H17ClN2O5/c1-9(13(19)21-2)16-12(18)11(15)17-14(20)22-8-10-6-4-3-5-7-10/h3-7,9,11H,8H2,1-2H3,(H,16,18)(H,17,20)/t9-,11+/m0/s1. The van der Waals surface area contributed by atoms with Crippen molar-refractivity contribution in [2.45, 2.75) is 25.1 Å². The summed E-state index contributed by atoms with van der Waals surface area (Å²) >= 11 is 5.72. The number of ether oxygens (including phenoxy) is 2. The van der Waals surface area contributed by atoms with Gasteiger partial charge in [-0.15, -0.1) is 0 Å². The minimum Gasteiger partial charge on any atom is -0.467 e. The van der Waals surface area contributed by atoms with E-state index in [1.165, 1.54) is 14.0 Å². The molecule has 1 rings (SSSR count). The summed E-state index contributed by atoms with van der Waals surface area (Å²) in [5, 5.41) is 4.45. The van der Waals surface area contributed by atoms with Crippen LogP contribution in [0.15, 0.2) is 30.3 Å². The Morgan fingerprint density at radius 2 is 1.82 bits per heavy atom. The van der Waals surface area contributed by atoms with E-state index in [1.807, 2.05) is 18.2 Å². The van der Waals surface area contributed by atoms with Crippen LogP contribution in [0.4, 0.5) is 4.79 Å². The number of carbonyl (C=O) groups excluding carboxylic acids is 3. The van der Waals surface area contributed by atoms with Crippen LogP contribution in [-0.2, 0) is 25.7 Å². The molecule has 0 bridgehead atoms. The van der Waals surface area contributed by atoms with E-state index in [9.17, 15) is 14.4 Å². The number of methoxy groups -OCH3 is 1. The number of halogens is 1. The van der Waals surface area contributed by atoms with Crippen molar-refractivity contribution >= 4 is 29.6 Å². The molecule has 8 heteroatoms. The lowest BCUT2D eigenvalue weighted by atomic mass is 10.2. The molecule has 0 aliphatic heterocycles. The van der Waals surface area contributed by atoms with Crippen molar-refractivity contribution in [2.24, 2.45) is 0 Å². The summed E-state index contributed by atoms with van der Waals surface area (Å²) in [6, 6.07) is 8.16. The van der Waals surface area contributed by atoms with Crippen molar-refractivity contribution in [3.05, 3.63) is 35.9 Å². The lowest BCUT2D eigenvalue weighted by molar-refractivity contribution is -0.144. The van der Waals surface area contributed by atoms with Gasteiger partial charge in [-0.05, 0) is 12.5 Å². The number of hydrogen-bond donors (Lipinski definition) is 2. The zero-order valence-corrected chi connectivity index (χ0v) is 12.9. The van der Waals surface area contributed by atoms with Gasteiger partial charge < -0.3 is 14.8 Å². The molecule has 0 unspecified atom stereocenters. The first-order chi connectivity index (χ1) is 10.4. The lowest BCUT2D eigenvalue weighted by Gasteiger charge is -2.15. The number of amides is 2. The van der Waals surface area contributed by atoms with Crippen LogP contribution in [0, 0.1) is 0 Å². The Labute approximate surface area is 132 Å². The van der Waals surface area contributed by atoms with Gasteiger partial charge in [-0.25, -0.2) is 9.59 Å². The molecule has 2 atom stereocenters. The molecule has 2 amide bonds. The summed E-state index contributed by atoms with van der Waals surface area (Å²) in [7, 11) is 1.20. The third-order valence-corrected chi connectivity index (χ3v) is 2.91. The fraction of sp³-hybridized carbons (Fsp3) is 0.357. The van der Waals surface area contributed by atoms with E-state index in [0.29, 0.717) is 0 Å². The molecule has 120 valence electrons. The third kappa shape index (κ3) is 6.01. The summed E-state index contributed by atoms with van der Waals surface area (Å²) < 4.78 is 9.37. The highest BCUT2D eigenvalue weighted by Gasteiger charge is 2.23. The average molecular weight is 329 g/mol. The van der Waals surface area contributed by atoms with Gasteiger partial charge in [-0.1, -0.05) is 41.9 Å². The maximum atomic E-state index is 11.7. The van der Waals surface area contributed by atoms with Crippen LogP contribution < -0.4 is 10.6 Å². The second kappa shape index (κ2) is 8.89. The summed E-state index contributed by atoms with van der Waals surface area (Å²) in [4.78, 5) is 34.3. The molecule has 0 aromatic heterocycles. The molecule has 7 nitrogen and oxygen atoms in total. The Morgan fingerprint density at radius 3 is 2.41 bits per heavy atom. The van der Waals surface area contributed by atoms with E-state index in [4.69, 9.17) is 16.3 Å². The molecule has 0 spiro atoms. The van der Waals surface area contributed by atoms with E-state index < -0.39 is 29.5 Å². The number of hydrogen-bond acceptors (Lipinski definition) is 5. The second-order valence-electron chi connectivity index (χ2n) is 4.32. The summed E-state index contributed by atoms with van der Waals surface area (Å²) in [5.41, 5.74) is -0.567. The van der Waals surface area contributed by atoms with Crippen molar-refractivity contribution in [1.29, 1.82) is 0 Å². The van der Waals surface area contributed by atoms with E-state index >= 15 is 0 Å². The second-order valence-corrected chi connectivity index (χ2v) is 4.76. The van der Waals surface area contributed by atoms with Gasteiger partial charge in [0.05, 0.1) is 7.11 Å². The Hall–Kier alpha value is -2.28. The van der Waals surface area contributed by atoms with Crippen LogP contribution in [0.5, 0.6) is 0 Å². The van der Waals surface area contributed by atoms with Crippen LogP contribution >= 0.6 is 11.6 Å². The van der Waals surface area contributed by atoms with Gasteiger partial charge in [-0.3, -0.25) is 10.1 Å². The zero-order chi connectivity index (χ0) is 16.5. The Balaban J connectivity index is 2.37. The molecule has 22 heavy (non-hydrogen) atoms. The van der Waals surface area contributed by atoms with Gasteiger partial charge in [-0.2, -0.15) is 0 Å². The summed E-state index contributed by atoms with van der Waals surface area (Å²) in [6.45, 7) is 1.48. The van der Waals surface area contributed by atoms with E-state index in [0.717, 1.165) is 5.56 Å². The van der Waals surface area contributed by atoms with Gasteiger partial charge >= 0.3 is 12.1 Å². The first kappa shape index (κ1) is 17.8. The Bertz CT molecular complexity index is 523. The van der Waals surface area contributed by atoms with Gasteiger partial charge in [0, 0.05) is 0 Å².